The molecule has 3 aromatic heterocycles. The first-order chi connectivity index (χ1) is 24.4. The number of aromatic nitrogens is 5. The van der Waals surface area contributed by atoms with Crippen LogP contribution in [0.25, 0.3) is 5.52 Å². The third-order valence-corrected chi connectivity index (χ3v) is 9.00. The van der Waals surface area contributed by atoms with Crippen LogP contribution in [0.5, 0.6) is 5.75 Å². The Bertz CT molecular complexity index is 1980. The van der Waals surface area contributed by atoms with Crippen molar-refractivity contribution in [3.05, 3.63) is 64.7 Å². The summed E-state index contributed by atoms with van der Waals surface area (Å²) in [6.45, 7) is 10.5. The van der Waals surface area contributed by atoms with Gasteiger partial charge in [-0.1, -0.05) is 19.9 Å². The Morgan fingerprint density at radius 1 is 1.13 bits per heavy atom. The Morgan fingerprint density at radius 3 is 2.58 bits per heavy atom. The number of carbonyl (C=O) groups is 2. The third-order valence-electron chi connectivity index (χ3n) is 8.56. The molecule has 282 valence electrons. The highest BCUT2D eigenvalue weighted by Gasteiger charge is 2.40. The van der Waals surface area contributed by atoms with Gasteiger partial charge in [-0.2, -0.15) is 10.2 Å². The van der Waals surface area contributed by atoms with Crippen molar-refractivity contribution in [2.24, 2.45) is 0 Å². The number of anilines is 2. The van der Waals surface area contributed by atoms with Gasteiger partial charge in [0, 0.05) is 48.5 Å². The van der Waals surface area contributed by atoms with Crippen LogP contribution >= 0.6 is 7.82 Å². The number of alkyl halides is 1. The molecule has 1 aliphatic rings. The number of phosphoric ester groups is 1. The number of rotatable bonds is 14. The van der Waals surface area contributed by atoms with E-state index in [4.69, 9.17) is 18.7 Å². The number of esters is 1. The number of nitrogens with zero attached hydrogens (tertiary/aromatic N) is 5. The summed E-state index contributed by atoms with van der Waals surface area (Å²) in [4.78, 5) is 49.2. The van der Waals surface area contributed by atoms with Gasteiger partial charge >= 0.3 is 19.9 Å². The summed E-state index contributed by atoms with van der Waals surface area (Å²) in [6.07, 6.45) is 0.279. The molecule has 3 atom stereocenters. The molecule has 0 spiro atoms. The van der Waals surface area contributed by atoms with E-state index in [-0.39, 0.29) is 44.4 Å². The maximum absolute atomic E-state index is 15.1. The van der Waals surface area contributed by atoms with E-state index in [1.165, 1.54) is 10.7 Å². The number of ether oxygens (including phenoxy) is 3. The standard InChI is InChI=1S/C34H45FN7O9P/c1-19(2)37-33(44)50-27-13-22(12-24(27)35)25-15-29(38-32-26-14-23(17-48-7)39-41(26)9-8-36-32)42(40-25)18-49-30(43)16-34(5,6)31-21(4)10-20(3)11-28(31)51-52(45,46)47/h8-11,14-15,19,22,24,27H,12-13,16-18H2,1-7H3,(H,36,38)(H,37,44)(H2,45,46,47)/t22-,24+,27-/m1/s1. The molecule has 0 radical (unpaired) electrons. The second-order valence-corrected chi connectivity index (χ2v) is 15.1. The molecule has 0 aliphatic heterocycles. The van der Waals surface area contributed by atoms with E-state index in [1.54, 1.807) is 71.6 Å². The van der Waals surface area contributed by atoms with E-state index in [0.29, 0.717) is 39.7 Å². The molecule has 52 heavy (non-hydrogen) atoms. The Hall–Kier alpha value is -4.57. The molecule has 1 saturated carbocycles. The number of methoxy groups -OCH3 is 1. The van der Waals surface area contributed by atoms with Gasteiger partial charge in [-0.25, -0.2) is 27.9 Å². The van der Waals surface area contributed by atoms with Crippen molar-refractivity contribution in [3.8, 4) is 5.75 Å². The molecule has 0 bridgehead atoms. The SMILES string of the molecule is COCc1cc2c(Nc3cc([C@@H]4C[C@H](F)[C@H](OC(=O)NC(C)C)C4)nn3COC(=O)CC(C)(C)c3c(C)cc(C)cc3OP(=O)(O)O)nccn2n1. The molecule has 1 amide bonds. The van der Waals surface area contributed by atoms with Crippen molar-refractivity contribution in [3.63, 3.8) is 0 Å². The van der Waals surface area contributed by atoms with E-state index in [1.807, 2.05) is 12.1 Å². The van der Waals surface area contributed by atoms with Crippen molar-refractivity contribution in [2.45, 2.75) is 104 Å². The number of amides is 1. The molecule has 4 N–H and O–H groups in total. The van der Waals surface area contributed by atoms with Gasteiger partial charge in [-0.05, 0) is 63.8 Å². The zero-order valence-electron chi connectivity index (χ0n) is 30.1. The minimum Gasteiger partial charge on any atom is -0.443 e. The molecule has 0 unspecified atom stereocenters. The van der Waals surface area contributed by atoms with Crippen molar-refractivity contribution in [1.82, 2.24) is 29.7 Å². The number of benzene rings is 1. The summed E-state index contributed by atoms with van der Waals surface area (Å²) in [5.41, 5.74) is 2.71. The second kappa shape index (κ2) is 15.6. The lowest BCUT2D eigenvalue weighted by atomic mass is 9.78. The smallest absolute Gasteiger partial charge is 0.443 e. The summed E-state index contributed by atoms with van der Waals surface area (Å²) in [6, 6.07) is 6.71. The highest BCUT2D eigenvalue weighted by atomic mass is 31.2. The fraction of sp³-hybridized carbons (Fsp3) is 0.500. The van der Waals surface area contributed by atoms with Crippen LogP contribution < -0.4 is 15.2 Å². The monoisotopic (exact) mass is 745 g/mol. The van der Waals surface area contributed by atoms with E-state index in [0.717, 1.165) is 5.56 Å². The quantitative estimate of drug-likeness (QED) is 0.0934. The molecule has 1 fully saturated rings. The number of hydrogen-bond donors (Lipinski definition) is 4. The second-order valence-electron chi connectivity index (χ2n) is 13.9. The molecule has 3 heterocycles. The first-order valence-corrected chi connectivity index (χ1v) is 18.3. The Kier molecular flexibility index (Phi) is 11.6. The number of alkyl carbamates (subject to hydrolysis) is 1. The van der Waals surface area contributed by atoms with Gasteiger partial charge in [0.2, 0.25) is 0 Å². The minimum atomic E-state index is -4.89. The Morgan fingerprint density at radius 2 is 1.88 bits per heavy atom. The highest BCUT2D eigenvalue weighted by molar-refractivity contribution is 7.46. The minimum absolute atomic E-state index is 0.0197. The summed E-state index contributed by atoms with van der Waals surface area (Å²) in [5.74, 6) is -0.238. The number of nitrogens with one attached hydrogen (secondary N) is 2. The summed E-state index contributed by atoms with van der Waals surface area (Å²) in [7, 11) is -3.33. The lowest BCUT2D eigenvalue weighted by Gasteiger charge is -2.29. The molecule has 4 aromatic rings. The highest BCUT2D eigenvalue weighted by Crippen LogP contribution is 2.45. The van der Waals surface area contributed by atoms with Crippen LogP contribution in [0.15, 0.2) is 36.7 Å². The van der Waals surface area contributed by atoms with Gasteiger partial charge in [0.25, 0.3) is 0 Å². The van der Waals surface area contributed by atoms with Gasteiger partial charge < -0.3 is 29.4 Å². The largest absolute Gasteiger partial charge is 0.524 e. The molecule has 16 nitrogen and oxygen atoms in total. The Labute approximate surface area is 300 Å². The molecule has 0 saturated heterocycles. The van der Waals surface area contributed by atoms with Gasteiger partial charge in [-0.3, -0.25) is 14.6 Å². The zero-order valence-corrected chi connectivity index (χ0v) is 31.0. The molecular weight excluding hydrogens is 700 g/mol. The van der Waals surface area contributed by atoms with Crippen LogP contribution in [0, 0.1) is 13.8 Å². The van der Waals surface area contributed by atoms with Crippen LogP contribution in [0.2, 0.25) is 0 Å². The van der Waals surface area contributed by atoms with Crippen LogP contribution in [-0.4, -0.2) is 71.7 Å². The third kappa shape index (κ3) is 9.45. The number of fused-ring (bicyclic) bond motifs is 1. The molecule has 5 rings (SSSR count). The number of carbonyl (C=O) groups excluding carboxylic acids is 2. The summed E-state index contributed by atoms with van der Waals surface area (Å²) >= 11 is 0. The lowest BCUT2D eigenvalue weighted by molar-refractivity contribution is -0.149. The molecule has 1 aliphatic carbocycles. The van der Waals surface area contributed by atoms with Gasteiger partial charge in [-0.15, -0.1) is 0 Å². The first-order valence-electron chi connectivity index (χ1n) is 16.7. The Balaban J connectivity index is 1.39. The molecule has 1 aromatic carbocycles. The fourth-order valence-corrected chi connectivity index (χ4v) is 6.99. The zero-order chi connectivity index (χ0) is 38.0. The van der Waals surface area contributed by atoms with E-state index in [9.17, 15) is 23.9 Å². The fourth-order valence-electron chi connectivity index (χ4n) is 6.59. The summed E-state index contributed by atoms with van der Waals surface area (Å²) < 4.78 is 51.3. The van der Waals surface area contributed by atoms with E-state index < -0.39 is 43.5 Å². The average Bonchev–Trinajstić information content (AvgIpc) is 3.71. The van der Waals surface area contributed by atoms with Gasteiger partial charge in [0.1, 0.15) is 29.4 Å². The number of hydrogen-bond acceptors (Lipinski definition) is 11. The van der Waals surface area contributed by atoms with Crippen molar-refractivity contribution >= 4 is 37.0 Å². The number of aryl methyl sites for hydroxylation is 2. The van der Waals surface area contributed by atoms with E-state index in [2.05, 4.69) is 25.8 Å². The number of phosphoric acid groups is 1. The van der Waals surface area contributed by atoms with Crippen LogP contribution in [0.1, 0.15) is 81.0 Å². The van der Waals surface area contributed by atoms with Crippen LogP contribution in [0.4, 0.5) is 20.8 Å². The van der Waals surface area contributed by atoms with E-state index >= 15 is 4.39 Å². The molecule has 18 heteroatoms. The maximum atomic E-state index is 15.1. The topological polar surface area (TPSA) is 201 Å². The van der Waals surface area contributed by atoms with Gasteiger partial charge in [0.15, 0.2) is 12.5 Å². The lowest BCUT2D eigenvalue weighted by Crippen LogP contribution is -2.35. The van der Waals surface area contributed by atoms with Crippen molar-refractivity contribution in [1.29, 1.82) is 0 Å². The van der Waals surface area contributed by atoms with Crippen molar-refractivity contribution in [2.75, 3.05) is 12.4 Å². The average molecular weight is 746 g/mol. The van der Waals surface area contributed by atoms with Crippen molar-refractivity contribution < 1.29 is 47.1 Å². The van der Waals surface area contributed by atoms with Crippen LogP contribution in [-0.2, 0) is 42.3 Å². The molecular formula is C34H45FN7O9P. The predicted molar refractivity (Wildman–Crippen MR) is 187 cm³/mol. The van der Waals surface area contributed by atoms with Gasteiger partial charge in [0.05, 0.1) is 24.4 Å². The first kappa shape index (κ1) is 38.7. The normalized spacial score (nSPS) is 17.8. The summed E-state index contributed by atoms with van der Waals surface area (Å²) in [5, 5.41) is 15.0. The predicted octanol–water partition coefficient (Wildman–Crippen LogP) is 5.49. The van der Waals surface area contributed by atoms with Crippen LogP contribution in [0.3, 0.4) is 0 Å². The maximum Gasteiger partial charge on any atom is 0.524 e. The number of halogens is 1.